The van der Waals surface area contributed by atoms with Gasteiger partial charge in [-0.2, -0.15) is 0 Å². The smallest absolute Gasteiger partial charge is 0.225 e. The highest BCUT2D eigenvalue weighted by Crippen LogP contribution is 2.28. The highest BCUT2D eigenvalue weighted by atomic mass is 16.5. The van der Waals surface area contributed by atoms with Gasteiger partial charge in [0.2, 0.25) is 5.91 Å². The molecule has 4 rings (SSSR count). The van der Waals surface area contributed by atoms with Crippen molar-refractivity contribution in [3.8, 4) is 0 Å². The van der Waals surface area contributed by atoms with Gasteiger partial charge in [-0.1, -0.05) is 30.3 Å². The third kappa shape index (κ3) is 4.58. The highest BCUT2D eigenvalue weighted by Gasteiger charge is 2.36. The molecule has 1 amide bonds. The minimum atomic E-state index is 0.276. The molecule has 3 aliphatic rings. The van der Waals surface area contributed by atoms with Crippen LogP contribution in [0.1, 0.15) is 31.2 Å². The lowest BCUT2D eigenvalue weighted by atomic mass is 9.95. The van der Waals surface area contributed by atoms with Crippen LogP contribution in [0.15, 0.2) is 30.3 Å². The Morgan fingerprint density at radius 2 is 2.00 bits per heavy atom. The molecular formula is C20H30N2O2. The molecule has 0 aromatic heterocycles. The van der Waals surface area contributed by atoms with Crippen molar-refractivity contribution < 1.29 is 9.53 Å². The minimum absolute atomic E-state index is 0.276. The van der Waals surface area contributed by atoms with Crippen molar-refractivity contribution in [3.63, 3.8) is 0 Å². The number of aryl methyl sites for hydroxylation is 1. The number of benzene rings is 1. The van der Waals surface area contributed by atoms with Crippen LogP contribution in [0.3, 0.4) is 0 Å². The van der Waals surface area contributed by atoms with E-state index in [9.17, 15) is 4.79 Å². The Kier molecular flexibility index (Phi) is 6.27. The Morgan fingerprint density at radius 1 is 1.17 bits per heavy atom. The van der Waals surface area contributed by atoms with Crippen molar-refractivity contribution in [2.45, 2.75) is 38.1 Å². The maximum atomic E-state index is 12.4. The molecule has 3 aliphatic heterocycles. The van der Waals surface area contributed by atoms with E-state index in [0.717, 1.165) is 32.6 Å². The number of hydrogen-bond acceptors (Lipinski definition) is 3. The summed E-state index contributed by atoms with van der Waals surface area (Å²) in [6.07, 6.45) is 5.30. The molecular weight excluding hydrogens is 300 g/mol. The van der Waals surface area contributed by atoms with Gasteiger partial charge < -0.3 is 14.5 Å². The van der Waals surface area contributed by atoms with Crippen LogP contribution in [-0.2, 0) is 16.0 Å². The van der Waals surface area contributed by atoms with Crippen LogP contribution in [0.2, 0.25) is 0 Å². The number of hydrogen-bond donors (Lipinski definition) is 0. The van der Waals surface area contributed by atoms with Crippen LogP contribution in [0.5, 0.6) is 0 Å². The summed E-state index contributed by atoms with van der Waals surface area (Å²) in [5.74, 6) is 0.921. The van der Waals surface area contributed by atoms with Crippen LogP contribution in [0.4, 0.5) is 0 Å². The van der Waals surface area contributed by atoms with E-state index in [4.69, 9.17) is 4.74 Å². The standard InChI is InChI=1S/C20H30N2O2/c1-24-13-11-20(23)22-15-18-9-10-19(22)16-21(14-18)12-5-8-17-6-3-2-4-7-17/h2-4,6-7,18-19H,5,8-16H2,1H3/t18-,19+/m0/s1. The third-order valence-corrected chi connectivity index (χ3v) is 5.41. The van der Waals surface area contributed by atoms with Gasteiger partial charge in [0.05, 0.1) is 13.0 Å². The van der Waals surface area contributed by atoms with Crippen LogP contribution >= 0.6 is 0 Å². The third-order valence-electron chi connectivity index (χ3n) is 5.41. The summed E-state index contributed by atoms with van der Waals surface area (Å²) >= 11 is 0. The summed E-state index contributed by atoms with van der Waals surface area (Å²) in [6.45, 7) is 4.82. The monoisotopic (exact) mass is 330 g/mol. The van der Waals surface area contributed by atoms with E-state index in [1.165, 1.54) is 24.8 Å². The molecule has 0 aliphatic carbocycles. The second-order valence-electron chi connectivity index (χ2n) is 7.23. The van der Waals surface area contributed by atoms with Gasteiger partial charge in [0.1, 0.15) is 0 Å². The Hall–Kier alpha value is -1.39. The zero-order chi connectivity index (χ0) is 16.8. The summed E-state index contributed by atoms with van der Waals surface area (Å²) in [4.78, 5) is 17.2. The molecule has 2 bridgehead atoms. The fourth-order valence-electron chi connectivity index (χ4n) is 4.15. The zero-order valence-electron chi connectivity index (χ0n) is 14.8. The van der Waals surface area contributed by atoms with Crippen LogP contribution in [-0.4, -0.2) is 61.6 Å². The molecule has 1 aromatic rings. The Labute approximate surface area is 145 Å². The van der Waals surface area contributed by atoms with E-state index in [1.54, 1.807) is 7.11 Å². The second-order valence-corrected chi connectivity index (χ2v) is 7.23. The van der Waals surface area contributed by atoms with Crippen molar-refractivity contribution in [3.05, 3.63) is 35.9 Å². The lowest BCUT2D eigenvalue weighted by Crippen LogP contribution is -2.47. The average molecular weight is 330 g/mol. The first-order valence-corrected chi connectivity index (χ1v) is 9.31. The number of methoxy groups -OCH3 is 1. The molecule has 24 heavy (non-hydrogen) atoms. The van der Waals surface area contributed by atoms with Gasteiger partial charge in [-0.15, -0.1) is 0 Å². The zero-order valence-corrected chi connectivity index (χ0v) is 14.8. The Morgan fingerprint density at radius 3 is 2.79 bits per heavy atom. The Balaban J connectivity index is 1.50. The topological polar surface area (TPSA) is 32.8 Å². The molecule has 2 atom stereocenters. The predicted octanol–water partition coefficient (Wildman–Crippen LogP) is 2.58. The maximum absolute atomic E-state index is 12.4. The molecule has 3 fully saturated rings. The number of ether oxygens (including phenoxy) is 1. The van der Waals surface area contributed by atoms with E-state index < -0.39 is 0 Å². The lowest BCUT2D eigenvalue weighted by molar-refractivity contribution is -0.136. The highest BCUT2D eigenvalue weighted by molar-refractivity contribution is 5.76. The first kappa shape index (κ1) is 17.4. The predicted molar refractivity (Wildman–Crippen MR) is 95.9 cm³/mol. The number of carbonyl (C=O) groups is 1. The van der Waals surface area contributed by atoms with Crippen LogP contribution < -0.4 is 0 Å². The SMILES string of the molecule is COCCC(=O)N1C[C@H]2CC[C@@H]1CN(CCCc1ccccc1)C2. The van der Waals surface area contributed by atoms with Gasteiger partial charge in [-0.3, -0.25) is 4.79 Å². The minimum Gasteiger partial charge on any atom is -0.384 e. The van der Waals surface area contributed by atoms with E-state index >= 15 is 0 Å². The summed E-state index contributed by atoms with van der Waals surface area (Å²) in [6, 6.07) is 11.1. The number of carbonyl (C=O) groups excluding carboxylic acids is 1. The lowest BCUT2D eigenvalue weighted by Gasteiger charge is -2.36. The fourth-order valence-corrected chi connectivity index (χ4v) is 4.15. The van der Waals surface area contributed by atoms with Crippen molar-refractivity contribution in [2.24, 2.45) is 5.92 Å². The molecule has 132 valence electrons. The summed E-state index contributed by atoms with van der Waals surface area (Å²) in [7, 11) is 1.66. The first-order valence-electron chi connectivity index (χ1n) is 9.31. The van der Waals surface area contributed by atoms with Crippen molar-refractivity contribution in [1.82, 2.24) is 9.80 Å². The quantitative estimate of drug-likeness (QED) is 0.770. The molecule has 0 radical (unpaired) electrons. The Bertz CT molecular complexity index is 520. The summed E-state index contributed by atoms with van der Waals surface area (Å²) in [5, 5.41) is 0. The fraction of sp³-hybridized carbons (Fsp3) is 0.650. The van der Waals surface area contributed by atoms with Crippen molar-refractivity contribution in [2.75, 3.05) is 39.9 Å². The second kappa shape index (κ2) is 8.63. The van der Waals surface area contributed by atoms with E-state index in [0.29, 0.717) is 25.0 Å². The molecule has 4 nitrogen and oxygen atoms in total. The van der Waals surface area contributed by atoms with E-state index in [-0.39, 0.29) is 5.91 Å². The molecule has 4 heteroatoms. The van der Waals surface area contributed by atoms with Gasteiger partial charge in [0.15, 0.2) is 0 Å². The van der Waals surface area contributed by atoms with Gasteiger partial charge >= 0.3 is 0 Å². The summed E-state index contributed by atoms with van der Waals surface area (Å²) < 4.78 is 5.07. The van der Waals surface area contributed by atoms with Gasteiger partial charge in [0.25, 0.3) is 0 Å². The first-order chi connectivity index (χ1) is 11.8. The molecule has 0 N–H and O–H groups in total. The van der Waals surface area contributed by atoms with Gasteiger partial charge in [-0.05, 0) is 43.7 Å². The molecule has 0 spiro atoms. The molecule has 3 heterocycles. The number of rotatable bonds is 7. The molecule has 0 unspecified atom stereocenters. The number of piperidine rings is 1. The van der Waals surface area contributed by atoms with Gasteiger partial charge in [0, 0.05) is 32.8 Å². The molecule has 3 saturated heterocycles. The number of fused-ring (bicyclic) bond motifs is 4. The van der Waals surface area contributed by atoms with Crippen LogP contribution in [0.25, 0.3) is 0 Å². The largest absolute Gasteiger partial charge is 0.384 e. The normalized spacial score (nSPS) is 24.1. The van der Waals surface area contributed by atoms with E-state index in [2.05, 4.69) is 40.1 Å². The van der Waals surface area contributed by atoms with Crippen molar-refractivity contribution in [1.29, 1.82) is 0 Å². The van der Waals surface area contributed by atoms with Gasteiger partial charge in [-0.25, -0.2) is 0 Å². The van der Waals surface area contributed by atoms with Crippen LogP contribution in [0, 0.1) is 5.92 Å². The molecule has 0 saturated carbocycles. The number of nitrogens with zero attached hydrogens (tertiary/aromatic N) is 2. The molecule has 1 aromatic carbocycles. The van der Waals surface area contributed by atoms with Crippen molar-refractivity contribution >= 4 is 5.91 Å². The average Bonchev–Trinajstić information content (AvgIpc) is 2.91. The summed E-state index contributed by atoms with van der Waals surface area (Å²) in [5.41, 5.74) is 1.42. The van der Waals surface area contributed by atoms with E-state index in [1.807, 2.05) is 0 Å². The maximum Gasteiger partial charge on any atom is 0.225 e. The number of amides is 1.